The lowest BCUT2D eigenvalue weighted by molar-refractivity contribution is -0.113. The van der Waals surface area contributed by atoms with Crippen molar-refractivity contribution in [2.24, 2.45) is 0 Å². The molecule has 0 aliphatic heterocycles. The van der Waals surface area contributed by atoms with Crippen LogP contribution in [0.3, 0.4) is 0 Å². The Hall–Kier alpha value is -3.10. The monoisotopic (exact) mass is 449 g/mol. The van der Waals surface area contributed by atoms with E-state index in [1.54, 1.807) is 0 Å². The van der Waals surface area contributed by atoms with E-state index in [9.17, 15) is 4.79 Å². The van der Waals surface area contributed by atoms with E-state index in [4.69, 9.17) is 0 Å². The second-order valence-corrected chi connectivity index (χ2v) is 8.92. The van der Waals surface area contributed by atoms with Gasteiger partial charge in [0.1, 0.15) is 0 Å². The highest BCUT2D eigenvalue weighted by Crippen LogP contribution is 2.26. The molecule has 2 aromatic carbocycles. The molecule has 0 aliphatic carbocycles. The number of carbonyl (C=O) groups is 1. The molecule has 2 aromatic heterocycles. The number of amides is 1. The molecule has 2 heterocycles. The van der Waals surface area contributed by atoms with Gasteiger partial charge in [-0.1, -0.05) is 59.8 Å². The van der Waals surface area contributed by atoms with Crippen molar-refractivity contribution in [2.75, 3.05) is 16.5 Å². The first-order valence-electron chi connectivity index (χ1n) is 9.83. The molecule has 0 aliphatic rings. The smallest absolute Gasteiger partial charge is 0.236 e. The summed E-state index contributed by atoms with van der Waals surface area (Å²) in [4.78, 5) is 21.6. The Morgan fingerprint density at radius 1 is 1.03 bits per heavy atom. The minimum absolute atomic E-state index is 0.112. The lowest BCUT2D eigenvalue weighted by Gasteiger charge is -2.13. The van der Waals surface area contributed by atoms with Gasteiger partial charge in [0, 0.05) is 10.9 Å². The summed E-state index contributed by atoms with van der Waals surface area (Å²) < 4.78 is 1.93. The number of imidazole rings is 1. The van der Waals surface area contributed by atoms with Crippen LogP contribution >= 0.6 is 23.1 Å². The summed E-state index contributed by atoms with van der Waals surface area (Å²) in [7, 11) is 0. The molecule has 0 spiro atoms. The van der Waals surface area contributed by atoms with Gasteiger partial charge in [0.05, 0.1) is 28.5 Å². The normalized spacial score (nSPS) is 10.8. The van der Waals surface area contributed by atoms with Crippen molar-refractivity contribution < 1.29 is 4.79 Å². The van der Waals surface area contributed by atoms with Crippen molar-refractivity contribution in [2.45, 2.75) is 25.9 Å². The van der Waals surface area contributed by atoms with Crippen LogP contribution in [-0.2, 0) is 4.79 Å². The van der Waals surface area contributed by atoms with Gasteiger partial charge in [0.25, 0.3) is 0 Å². The summed E-state index contributed by atoms with van der Waals surface area (Å²) in [5.41, 5.74) is 9.37. The number of thioether (sulfide) groups is 1. The summed E-state index contributed by atoms with van der Waals surface area (Å²) in [6.07, 6.45) is 0. The minimum atomic E-state index is -0.112. The van der Waals surface area contributed by atoms with E-state index in [1.807, 2.05) is 66.4 Å². The average Bonchev–Trinajstić information content (AvgIpc) is 3.34. The molecular weight excluding hydrogens is 426 g/mol. The highest BCUT2D eigenvalue weighted by molar-refractivity contribution is 7.99. The van der Waals surface area contributed by atoms with Crippen LogP contribution in [0.4, 0.5) is 10.8 Å². The van der Waals surface area contributed by atoms with E-state index in [0.717, 1.165) is 33.5 Å². The van der Waals surface area contributed by atoms with Crippen LogP contribution in [-0.4, -0.2) is 26.3 Å². The summed E-state index contributed by atoms with van der Waals surface area (Å²) in [5, 5.41) is 6.18. The van der Waals surface area contributed by atoms with Crippen LogP contribution in [0.25, 0.3) is 11.3 Å². The zero-order valence-corrected chi connectivity index (χ0v) is 19.2. The average molecular weight is 450 g/mol. The van der Waals surface area contributed by atoms with Gasteiger partial charge >= 0.3 is 0 Å². The molecule has 2 N–H and O–H groups in total. The zero-order chi connectivity index (χ0) is 21.8. The lowest BCUT2D eigenvalue weighted by Crippen LogP contribution is -2.16. The predicted octanol–water partition coefficient (Wildman–Crippen LogP) is 5.54. The van der Waals surface area contributed by atoms with Crippen LogP contribution < -0.4 is 10.7 Å². The quantitative estimate of drug-likeness (QED) is 0.363. The van der Waals surface area contributed by atoms with Gasteiger partial charge in [-0.15, -0.1) is 11.3 Å². The van der Waals surface area contributed by atoms with Gasteiger partial charge in [-0.05, 0) is 32.9 Å². The van der Waals surface area contributed by atoms with Crippen LogP contribution in [0, 0.1) is 20.8 Å². The molecule has 0 saturated carbocycles. The van der Waals surface area contributed by atoms with Gasteiger partial charge < -0.3 is 5.32 Å². The van der Waals surface area contributed by atoms with Crippen LogP contribution in [0.5, 0.6) is 0 Å². The molecular formula is C23H23N5OS2. The highest BCUT2D eigenvalue weighted by atomic mass is 32.2. The van der Waals surface area contributed by atoms with Crippen LogP contribution in [0.1, 0.15) is 17.0 Å². The minimum Gasteiger partial charge on any atom is -0.301 e. The molecule has 8 heteroatoms. The van der Waals surface area contributed by atoms with Gasteiger partial charge in [0.15, 0.2) is 10.3 Å². The molecule has 31 heavy (non-hydrogen) atoms. The Labute approximate surface area is 189 Å². The number of rotatable bonds is 7. The number of nitrogens with one attached hydrogen (secondary N) is 2. The van der Waals surface area contributed by atoms with Crippen molar-refractivity contribution in [3.63, 3.8) is 0 Å². The fourth-order valence-corrected chi connectivity index (χ4v) is 4.50. The fourth-order valence-electron chi connectivity index (χ4n) is 2.92. The molecule has 0 fully saturated rings. The maximum absolute atomic E-state index is 12.5. The van der Waals surface area contributed by atoms with E-state index >= 15 is 0 Å². The van der Waals surface area contributed by atoms with E-state index < -0.39 is 0 Å². The number of aromatic nitrogens is 3. The number of aryl methyl sites for hydroxylation is 2. The summed E-state index contributed by atoms with van der Waals surface area (Å²) in [5.74, 6) is 0.130. The molecule has 4 aromatic rings. The van der Waals surface area contributed by atoms with Gasteiger partial charge in [-0.25, -0.2) is 14.6 Å². The first-order chi connectivity index (χ1) is 15.0. The van der Waals surface area contributed by atoms with Crippen molar-refractivity contribution in [3.05, 3.63) is 76.9 Å². The predicted molar refractivity (Wildman–Crippen MR) is 129 cm³/mol. The molecule has 158 valence electrons. The van der Waals surface area contributed by atoms with Crippen LogP contribution in [0.15, 0.2) is 65.1 Å². The van der Waals surface area contributed by atoms with E-state index in [2.05, 4.69) is 39.8 Å². The Morgan fingerprint density at radius 2 is 1.77 bits per heavy atom. The number of hydrogen-bond donors (Lipinski definition) is 2. The molecule has 0 radical (unpaired) electrons. The van der Waals surface area contributed by atoms with Crippen molar-refractivity contribution >= 4 is 39.8 Å². The number of nitrogens with zero attached hydrogens (tertiary/aromatic N) is 3. The summed E-state index contributed by atoms with van der Waals surface area (Å²) >= 11 is 2.81. The summed E-state index contributed by atoms with van der Waals surface area (Å²) in [6, 6.07) is 18.1. The highest BCUT2D eigenvalue weighted by Gasteiger charge is 2.15. The Morgan fingerprint density at radius 3 is 2.52 bits per heavy atom. The van der Waals surface area contributed by atoms with Crippen LogP contribution in [0.2, 0.25) is 0 Å². The number of anilines is 2. The van der Waals surface area contributed by atoms with Crippen molar-refractivity contribution in [1.82, 2.24) is 14.6 Å². The molecule has 0 bridgehead atoms. The van der Waals surface area contributed by atoms with E-state index in [0.29, 0.717) is 5.13 Å². The topological polar surface area (TPSA) is 71.8 Å². The maximum atomic E-state index is 12.5. The molecule has 0 saturated heterocycles. The molecule has 4 rings (SSSR count). The van der Waals surface area contributed by atoms with Gasteiger partial charge in [0.2, 0.25) is 5.91 Å². The van der Waals surface area contributed by atoms with Crippen molar-refractivity contribution in [3.8, 4) is 11.3 Å². The first kappa shape index (κ1) is 21.1. The molecule has 0 unspecified atom stereocenters. The molecule has 6 nitrogen and oxygen atoms in total. The van der Waals surface area contributed by atoms with Gasteiger partial charge in [-0.3, -0.25) is 10.2 Å². The second kappa shape index (κ2) is 9.36. The molecule has 0 atom stereocenters. The Kier molecular flexibility index (Phi) is 6.39. The zero-order valence-electron chi connectivity index (χ0n) is 17.5. The standard InChI is InChI=1S/C23H23N5OS2/c1-15-9-11-19(12-10-15)27-28-17(3)16(2)24-23(28)31-14-21(29)26-22-25-20(13-30-22)18-7-5-4-6-8-18/h4-13,27H,14H2,1-3H3,(H,25,26,29). The third-order valence-electron chi connectivity index (χ3n) is 4.76. The largest absolute Gasteiger partial charge is 0.301 e. The number of thiazole rings is 1. The summed E-state index contributed by atoms with van der Waals surface area (Å²) in [6.45, 7) is 6.03. The maximum Gasteiger partial charge on any atom is 0.236 e. The fraction of sp³-hybridized carbons (Fsp3) is 0.174. The SMILES string of the molecule is Cc1ccc(Nn2c(SCC(=O)Nc3nc(-c4ccccc4)cs3)nc(C)c2C)cc1. The molecule has 1 amide bonds. The van der Waals surface area contributed by atoms with E-state index in [-0.39, 0.29) is 11.7 Å². The third kappa shape index (κ3) is 5.15. The third-order valence-corrected chi connectivity index (χ3v) is 6.45. The lowest BCUT2D eigenvalue weighted by atomic mass is 10.2. The number of carbonyl (C=O) groups excluding carboxylic acids is 1. The Balaban J connectivity index is 1.40. The first-order valence-corrected chi connectivity index (χ1v) is 11.7. The Bertz CT molecular complexity index is 1180. The second-order valence-electron chi connectivity index (χ2n) is 7.12. The van der Waals surface area contributed by atoms with Crippen molar-refractivity contribution in [1.29, 1.82) is 0 Å². The number of benzene rings is 2. The number of hydrogen-bond acceptors (Lipinski definition) is 6. The van der Waals surface area contributed by atoms with E-state index in [1.165, 1.54) is 28.7 Å². The van der Waals surface area contributed by atoms with Gasteiger partial charge in [-0.2, -0.15) is 0 Å².